The smallest absolute Gasteiger partial charge is 0.307 e. The van der Waals surface area contributed by atoms with Gasteiger partial charge >= 0.3 is 5.97 Å². The Hall–Kier alpha value is -1.71. The Morgan fingerprint density at radius 3 is 2.27 bits per heavy atom. The van der Waals surface area contributed by atoms with E-state index in [0.29, 0.717) is 11.8 Å². The normalized spacial score (nSPS) is 20.5. The van der Waals surface area contributed by atoms with Crippen molar-refractivity contribution in [2.75, 3.05) is 23.7 Å². The van der Waals surface area contributed by atoms with Gasteiger partial charge in [0.1, 0.15) is 0 Å². The highest BCUT2D eigenvalue weighted by Gasteiger charge is 2.44. The quantitative estimate of drug-likeness (QED) is 0.756. The average Bonchev–Trinajstić information content (AvgIpc) is 3.16. The summed E-state index contributed by atoms with van der Waals surface area (Å²) in [5, 5.41) is 9.06. The minimum atomic E-state index is -0.700. The molecule has 0 unspecified atom stereocenters. The zero-order valence-corrected chi connectivity index (χ0v) is 14.0. The maximum absolute atomic E-state index is 11.0. The Morgan fingerprint density at radius 2 is 1.86 bits per heavy atom. The zero-order chi connectivity index (χ0) is 16.4. The van der Waals surface area contributed by atoms with Crippen molar-refractivity contribution in [3.05, 3.63) is 23.8 Å². The van der Waals surface area contributed by atoms with Crippen LogP contribution in [0.1, 0.15) is 45.6 Å². The molecule has 1 aliphatic rings. The summed E-state index contributed by atoms with van der Waals surface area (Å²) in [4.78, 5) is 13.4. The summed E-state index contributed by atoms with van der Waals surface area (Å²) < 4.78 is 0. The third-order valence-corrected chi connectivity index (χ3v) is 4.10. The highest BCUT2D eigenvalue weighted by Crippen LogP contribution is 2.48. The predicted molar refractivity (Wildman–Crippen MR) is 91.2 cm³/mol. The van der Waals surface area contributed by atoms with E-state index in [2.05, 4.69) is 38.7 Å². The number of nitrogens with zero attached hydrogens (tertiary/aromatic N) is 1. The summed E-state index contributed by atoms with van der Waals surface area (Å²) >= 11 is 0. The van der Waals surface area contributed by atoms with Crippen LogP contribution in [0.2, 0.25) is 0 Å². The molecular formula is C18H28N2O2. The predicted octanol–water partition coefficient (Wildman–Crippen LogP) is 3.58. The van der Waals surface area contributed by atoms with Gasteiger partial charge in [0, 0.05) is 13.1 Å². The van der Waals surface area contributed by atoms with Crippen molar-refractivity contribution < 1.29 is 9.90 Å². The topological polar surface area (TPSA) is 66.6 Å². The number of aliphatic carboxylic acids is 1. The summed E-state index contributed by atoms with van der Waals surface area (Å²) in [6.45, 7) is 10.8. The molecule has 0 amide bonds. The molecule has 0 bridgehead atoms. The monoisotopic (exact) mass is 304 g/mol. The number of rotatable bonds is 7. The van der Waals surface area contributed by atoms with Gasteiger partial charge in [-0.05, 0) is 41.9 Å². The number of nitrogen functional groups attached to an aromatic ring is 1. The van der Waals surface area contributed by atoms with Crippen LogP contribution < -0.4 is 10.6 Å². The number of hydrogen-bond acceptors (Lipinski definition) is 3. The molecule has 122 valence electrons. The van der Waals surface area contributed by atoms with Gasteiger partial charge in [-0.3, -0.25) is 4.79 Å². The molecule has 1 aliphatic carbocycles. The van der Waals surface area contributed by atoms with Crippen molar-refractivity contribution in [3.63, 3.8) is 0 Å². The van der Waals surface area contributed by atoms with Crippen LogP contribution in [0.25, 0.3) is 0 Å². The maximum atomic E-state index is 11.0. The number of hydrogen-bond donors (Lipinski definition) is 2. The van der Waals surface area contributed by atoms with E-state index >= 15 is 0 Å². The van der Waals surface area contributed by atoms with Gasteiger partial charge in [-0.1, -0.05) is 33.8 Å². The molecule has 1 fully saturated rings. The van der Waals surface area contributed by atoms with E-state index in [0.717, 1.165) is 36.4 Å². The molecule has 1 aromatic rings. The van der Waals surface area contributed by atoms with Crippen LogP contribution in [0.5, 0.6) is 0 Å². The molecule has 22 heavy (non-hydrogen) atoms. The van der Waals surface area contributed by atoms with Crippen LogP contribution in [0.4, 0.5) is 11.4 Å². The van der Waals surface area contributed by atoms with Crippen LogP contribution in [0.15, 0.2) is 18.2 Å². The molecule has 0 aliphatic heterocycles. The van der Waals surface area contributed by atoms with Crippen LogP contribution >= 0.6 is 0 Å². The molecular weight excluding hydrogens is 276 g/mol. The van der Waals surface area contributed by atoms with Crippen molar-refractivity contribution in [1.29, 1.82) is 0 Å². The molecule has 0 radical (unpaired) electrons. The summed E-state index contributed by atoms with van der Waals surface area (Å²) in [6, 6.07) is 6.08. The molecule has 0 saturated heterocycles. The second-order valence-electron chi connectivity index (χ2n) is 7.30. The minimum absolute atomic E-state index is 0.137. The lowest BCUT2D eigenvalue weighted by Crippen LogP contribution is -2.31. The van der Waals surface area contributed by atoms with Crippen molar-refractivity contribution in [2.24, 2.45) is 17.8 Å². The number of benzene rings is 1. The maximum Gasteiger partial charge on any atom is 0.307 e. The third kappa shape index (κ3) is 3.93. The Balaban J connectivity index is 2.18. The van der Waals surface area contributed by atoms with Crippen molar-refractivity contribution in [1.82, 2.24) is 0 Å². The fourth-order valence-corrected chi connectivity index (χ4v) is 3.08. The standard InChI is InChI=1S/C18H28N2O2/c1-11(2)9-20(10-12(3)4)17-6-5-13(7-16(17)19)14-8-15(14)18(21)22/h5-7,11-12,14-15H,8-10,19H2,1-4H3,(H,21,22)/t14-,15-/m1/s1. The van der Waals surface area contributed by atoms with Gasteiger partial charge < -0.3 is 15.7 Å². The van der Waals surface area contributed by atoms with Crippen LogP contribution in [0.3, 0.4) is 0 Å². The van der Waals surface area contributed by atoms with Gasteiger partial charge in [-0.25, -0.2) is 0 Å². The van der Waals surface area contributed by atoms with E-state index in [-0.39, 0.29) is 11.8 Å². The highest BCUT2D eigenvalue weighted by atomic mass is 16.4. The number of nitrogens with two attached hydrogens (primary N) is 1. The van der Waals surface area contributed by atoms with Gasteiger partial charge in [-0.2, -0.15) is 0 Å². The van der Waals surface area contributed by atoms with E-state index in [4.69, 9.17) is 10.8 Å². The first-order valence-electron chi connectivity index (χ1n) is 8.16. The molecule has 0 heterocycles. The Bertz CT molecular complexity index is 530. The van der Waals surface area contributed by atoms with Gasteiger partial charge in [0.2, 0.25) is 0 Å². The summed E-state index contributed by atoms with van der Waals surface area (Å²) in [5.74, 6) is 0.342. The number of anilines is 2. The first-order valence-corrected chi connectivity index (χ1v) is 8.16. The summed E-state index contributed by atoms with van der Waals surface area (Å²) in [7, 11) is 0. The molecule has 0 spiro atoms. The Morgan fingerprint density at radius 1 is 1.27 bits per heavy atom. The Kier molecular flexibility index (Phi) is 4.99. The van der Waals surface area contributed by atoms with E-state index in [1.54, 1.807) is 0 Å². The Labute approximate surface area is 133 Å². The molecule has 1 saturated carbocycles. The van der Waals surface area contributed by atoms with Crippen molar-refractivity contribution >= 4 is 17.3 Å². The summed E-state index contributed by atoms with van der Waals surface area (Å²) in [6.07, 6.45) is 0.732. The van der Waals surface area contributed by atoms with E-state index in [1.807, 2.05) is 12.1 Å². The molecule has 0 aromatic heterocycles. The van der Waals surface area contributed by atoms with Crippen molar-refractivity contribution in [3.8, 4) is 0 Å². The highest BCUT2D eigenvalue weighted by molar-refractivity contribution is 5.76. The molecule has 3 N–H and O–H groups in total. The lowest BCUT2D eigenvalue weighted by molar-refractivity contribution is -0.138. The lowest BCUT2D eigenvalue weighted by Gasteiger charge is -2.30. The summed E-state index contributed by atoms with van der Waals surface area (Å²) in [5.41, 5.74) is 9.16. The lowest BCUT2D eigenvalue weighted by atomic mass is 10.0. The van der Waals surface area contributed by atoms with E-state index < -0.39 is 5.97 Å². The number of carbonyl (C=O) groups is 1. The molecule has 4 heteroatoms. The number of carboxylic acids is 1. The first kappa shape index (κ1) is 16.7. The van der Waals surface area contributed by atoms with Crippen LogP contribution in [0, 0.1) is 17.8 Å². The molecule has 1 aromatic carbocycles. The van der Waals surface area contributed by atoms with Crippen molar-refractivity contribution in [2.45, 2.75) is 40.0 Å². The van der Waals surface area contributed by atoms with Gasteiger partial charge in [0.05, 0.1) is 17.3 Å². The fraction of sp³-hybridized carbons (Fsp3) is 0.611. The van der Waals surface area contributed by atoms with Gasteiger partial charge in [0.25, 0.3) is 0 Å². The van der Waals surface area contributed by atoms with E-state index in [1.165, 1.54) is 0 Å². The van der Waals surface area contributed by atoms with Crippen LogP contribution in [-0.4, -0.2) is 24.2 Å². The first-order chi connectivity index (χ1) is 10.3. The van der Waals surface area contributed by atoms with E-state index in [9.17, 15) is 4.79 Å². The second-order valence-corrected chi connectivity index (χ2v) is 7.30. The third-order valence-electron chi connectivity index (χ3n) is 4.10. The average molecular weight is 304 g/mol. The number of carboxylic acid groups (broad SMARTS) is 1. The van der Waals surface area contributed by atoms with Gasteiger partial charge in [0.15, 0.2) is 0 Å². The second kappa shape index (κ2) is 6.59. The minimum Gasteiger partial charge on any atom is -0.481 e. The molecule has 2 rings (SSSR count). The van der Waals surface area contributed by atoms with Crippen LogP contribution in [-0.2, 0) is 4.79 Å². The van der Waals surface area contributed by atoms with Gasteiger partial charge in [-0.15, -0.1) is 0 Å². The largest absolute Gasteiger partial charge is 0.481 e. The zero-order valence-electron chi connectivity index (χ0n) is 14.0. The SMILES string of the molecule is CC(C)CN(CC(C)C)c1ccc([C@H]2C[C@H]2C(=O)O)cc1N. The molecule has 2 atom stereocenters. The fourth-order valence-electron chi connectivity index (χ4n) is 3.08. The molecule has 4 nitrogen and oxygen atoms in total.